The van der Waals surface area contributed by atoms with E-state index in [4.69, 9.17) is 4.74 Å². The van der Waals surface area contributed by atoms with Gasteiger partial charge in [0.2, 0.25) is 5.91 Å². The summed E-state index contributed by atoms with van der Waals surface area (Å²) in [6, 6.07) is 14.7. The maximum atomic E-state index is 12.8. The average molecular weight is 377 g/mol. The summed E-state index contributed by atoms with van der Waals surface area (Å²) >= 11 is 0. The Bertz CT molecular complexity index is 762. The molecule has 1 heterocycles. The highest BCUT2D eigenvalue weighted by atomic mass is 19.4. The molecule has 1 fully saturated rings. The molecular formula is C21H22F3NO2. The zero-order valence-corrected chi connectivity index (χ0v) is 14.9. The number of benzene rings is 2. The minimum absolute atomic E-state index is 0.0496. The molecule has 27 heavy (non-hydrogen) atoms. The molecule has 1 amide bonds. The highest BCUT2D eigenvalue weighted by molar-refractivity contribution is 5.78. The zero-order chi connectivity index (χ0) is 19.3. The molecule has 6 heteroatoms. The second-order valence-corrected chi connectivity index (χ2v) is 6.78. The Labute approximate surface area is 156 Å². The standard InChI is InChI=1S/C21H22F3NO2/c22-21(23,24)18-9-4-8-17(12-18)15-27-19-10-5-11-25(14-19)20(26)13-16-6-2-1-3-7-16/h1-4,6-9,12,19H,5,10-11,13-15H2/t19-/m0/s1. The Morgan fingerprint density at radius 2 is 1.81 bits per heavy atom. The summed E-state index contributed by atoms with van der Waals surface area (Å²) in [5.74, 6) is 0.0496. The SMILES string of the molecule is O=C(Cc1ccccc1)N1CCC[C@H](OCc2cccc(C(F)(F)F)c2)C1. The van der Waals surface area contributed by atoms with Crippen LogP contribution in [0.2, 0.25) is 0 Å². The topological polar surface area (TPSA) is 29.5 Å². The van der Waals surface area contributed by atoms with E-state index in [9.17, 15) is 18.0 Å². The summed E-state index contributed by atoms with van der Waals surface area (Å²) < 4.78 is 44.2. The molecule has 0 radical (unpaired) electrons. The molecule has 3 nitrogen and oxygen atoms in total. The van der Waals surface area contributed by atoms with Crippen LogP contribution in [0.3, 0.4) is 0 Å². The van der Waals surface area contributed by atoms with Gasteiger partial charge in [-0.3, -0.25) is 4.79 Å². The Morgan fingerprint density at radius 3 is 2.56 bits per heavy atom. The molecule has 144 valence electrons. The predicted molar refractivity (Wildman–Crippen MR) is 96.0 cm³/mol. The lowest BCUT2D eigenvalue weighted by Crippen LogP contribution is -2.43. The van der Waals surface area contributed by atoms with E-state index in [0.717, 1.165) is 30.5 Å². The number of rotatable bonds is 5. The van der Waals surface area contributed by atoms with Crippen LogP contribution in [0, 0.1) is 0 Å². The predicted octanol–water partition coefficient (Wildman–Crippen LogP) is 4.46. The van der Waals surface area contributed by atoms with Crippen LogP contribution in [0.4, 0.5) is 13.2 Å². The third kappa shape index (κ3) is 5.57. The number of hydrogen-bond donors (Lipinski definition) is 0. The van der Waals surface area contributed by atoms with Gasteiger partial charge in [-0.15, -0.1) is 0 Å². The fourth-order valence-corrected chi connectivity index (χ4v) is 3.23. The molecule has 0 bridgehead atoms. The smallest absolute Gasteiger partial charge is 0.372 e. The van der Waals surface area contributed by atoms with E-state index in [1.807, 2.05) is 30.3 Å². The summed E-state index contributed by atoms with van der Waals surface area (Å²) in [5.41, 5.74) is 0.777. The second-order valence-electron chi connectivity index (χ2n) is 6.78. The van der Waals surface area contributed by atoms with Crippen molar-refractivity contribution in [1.29, 1.82) is 0 Å². The number of carbonyl (C=O) groups is 1. The zero-order valence-electron chi connectivity index (χ0n) is 14.9. The lowest BCUT2D eigenvalue weighted by Gasteiger charge is -2.33. The largest absolute Gasteiger partial charge is 0.416 e. The maximum absolute atomic E-state index is 12.8. The second kappa shape index (κ2) is 8.57. The monoisotopic (exact) mass is 377 g/mol. The van der Waals surface area contributed by atoms with Crippen LogP contribution in [0.25, 0.3) is 0 Å². The van der Waals surface area contributed by atoms with Crippen LogP contribution in [0.1, 0.15) is 29.5 Å². The van der Waals surface area contributed by atoms with Gasteiger partial charge in [-0.2, -0.15) is 13.2 Å². The first-order valence-electron chi connectivity index (χ1n) is 9.01. The first kappa shape index (κ1) is 19.4. The van der Waals surface area contributed by atoms with Crippen LogP contribution in [-0.4, -0.2) is 30.0 Å². The molecule has 2 aromatic rings. The van der Waals surface area contributed by atoms with E-state index >= 15 is 0 Å². The lowest BCUT2D eigenvalue weighted by molar-refractivity contribution is -0.138. The minimum atomic E-state index is -4.36. The van der Waals surface area contributed by atoms with Crippen LogP contribution in [0.15, 0.2) is 54.6 Å². The molecule has 0 saturated carbocycles. The van der Waals surface area contributed by atoms with E-state index < -0.39 is 11.7 Å². The number of alkyl halides is 3. The molecule has 2 aromatic carbocycles. The number of amides is 1. The van der Waals surface area contributed by atoms with Gasteiger partial charge in [-0.1, -0.05) is 42.5 Å². The van der Waals surface area contributed by atoms with Crippen molar-refractivity contribution in [2.45, 2.75) is 38.1 Å². The molecule has 0 aliphatic carbocycles. The Hall–Kier alpha value is -2.34. The van der Waals surface area contributed by atoms with Crippen molar-refractivity contribution < 1.29 is 22.7 Å². The number of piperidine rings is 1. The molecule has 0 N–H and O–H groups in total. The summed E-state index contributed by atoms with van der Waals surface area (Å²) in [6.45, 7) is 1.27. The third-order valence-corrected chi connectivity index (χ3v) is 4.67. The Balaban J connectivity index is 1.53. The van der Waals surface area contributed by atoms with E-state index in [2.05, 4.69) is 0 Å². The number of likely N-dealkylation sites (tertiary alicyclic amines) is 1. The quantitative estimate of drug-likeness (QED) is 0.770. The van der Waals surface area contributed by atoms with Crippen molar-refractivity contribution in [2.24, 2.45) is 0 Å². The summed E-state index contributed by atoms with van der Waals surface area (Å²) in [5, 5.41) is 0. The lowest BCUT2D eigenvalue weighted by atomic mass is 10.1. The maximum Gasteiger partial charge on any atom is 0.416 e. The van der Waals surface area contributed by atoms with Crippen molar-refractivity contribution in [3.8, 4) is 0 Å². The molecular weight excluding hydrogens is 355 g/mol. The third-order valence-electron chi connectivity index (χ3n) is 4.67. The van der Waals surface area contributed by atoms with Crippen LogP contribution in [-0.2, 0) is 28.7 Å². The Morgan fingerprint density at radius 1 is 1.07 bits per heavy atom. The number of carbonyl (C=O) groups excluding carboxylic acids is 1. The molecule has 1 atom stereocenters. The molecule has 1 saturated heterocycles. The van der Waals surface area contributed by atoms with Crippen molar-refractivity contribution in [2.75, 3.05) is 13.1 Å². The number of hydrogen-bond acceptors (Lipinski definition) is 2. The molecule has 1 aliphatic heterocycles. The molecule has 1 aliphatic rings. The van der Waals surface area contributed by atoms with E-state index in [1.54, 1.807) is 11.0 Å². The Kier molecular flexibility index (Phi) is 6.16. The van der Waals surface area contributed by atoms with Crippen LogP contribution < -0.4 is 0 Å². The van der Waals surface area contributed by atoms with Gasteiger partial charge in [0.25, 0.3) is 0 Å². The van der Waals surface area contributed by atoms with E-state index in [-0.39, 0.29) is 18.6 Å². The number of nitrogens with zero attached hydrogens (tertiary/aromatic N) is 1. The van der Waals surface area contributed by atoms with Gasteiger partial charge in [0.15, 0.2) is 0 Å². The van der Waals surface area contributed by atoms with Gasteiger partial charge in [0.1, 0.15) is 0 Å². The van der Waals surface area contributed by atoms with E-state index in [1.165, 1.54) is 6.07 Å². The fraction of sp³-hybridized carbons (Fsp3) is 0.381. The average Bonchev–Trinajstić information content (AvgIpc) is 2.67. The summed E-state index contributed by atoms with van der Waals surface area (Å²) in [4.78, 5) is 14.3. The molecule has 0 aromatic heterocycles. The minimum Gasteiger partial charge on any atom is -0.372 e. The van der Waals surface area contributed by atoms with Gasteiger partial charge in [-0.25, -0.2) is 0 Å². The van der Waals surface area contributed by atoms with Gasteiger partial charge in [0.05, 0.1) is 24.7 Å². The molecule has 3 rings (SSSR count). The van der Waals surface area contributed by atoms with Gasteiger partial charge < -0.3 is 9.64 Å². The highest BCUT2D eigenvalue weighted by Gasteiger charge is 2.30. The fourth-order valence-electron chi connectivity index (χ4n) is 3.23. The number of halogens is 3. The van der Waals surface area contributed by atoms with Crippen molar-refractivity contribution in [3.63, 3.8) is 0 Å². The van der Waals surface area contributed by atoms with Crippen LogP contribution in [0.5, 0.6) is 0 Å². The van der Waals surface area contributed by atoms with Crippen molar-refractivity contribution in [3.05, 3.63) is 71.3 Å². The van der Waals surface area contributed by atoms with Crippen molar-refractivity contribution >= 4 is 5.91 Å². The summed E-state index contributed by atoms with van der Waals surface area (Å²) in [7, 11) is 0. The first-order chi connectivity index (χ1) is 12.9. The number of ether oxygens (including phenoxy) is 1. The van der Waals surface area contributed by atoms with Gasteiger partial charge in [-0.05, 0) is 36.1 Å². The first-order valence-corrected chi connectivity index (χ1v) is 9.01. The van der Waals surface area contributed by atoms with Crippen molar-refractivity contribution in [1.82, 2.24) is 4.90 Å². The van der Waals surface area contributed by atoms with Gasteiger partial charge in [0, 0.05) is 13.1 Å². The molecule has 0 unspecified atom stereocenters. The van der Waals surface area contributed by atoms with Gasteiger partial charge >= 0.3 is 6.18 Å². The highest BCUT2D eigenvalue weighted by Crippen LogP contribution is 2.29. The normalized spacial score (nSPS) is 17.7. The summed E-state index contributed by atoms with van der Waals surface area (Å²) in [6.07, 6.45) is -2.54. The van der Waals surface area contributed by atoms with Crippen LogP contribution >= 0.6 is 0 Å². The van der Waals surface area contributed by atoms with E-state index in [0.29, 0.717) is 25.1 Å². The molecule has 0 spiro atoms.